The first kappa shape index (κ1) is 18.1. The summed E-state index contributed by atoms with van der Waals surface area (Å²) in [5.41, 5.74) is 2.40. The number of Topliss-reactive ketones (excluding diaryl/α,β-unsaturated/α-hetero) is 1. The zero-order chi connectivity index (χ0) is 18.6. The minimum atomic E-state index is -0.0123. The second-order valence-corrected chi connectivity index (χ2v) is 8.65. The summed E-state index contributed by atoms with van der Waals surface area (Å²) in [6, 6.07) is 16.1. The van der Waals surface area contributed by atoms with Crippen molar-refractivity contribution >= 4 is 34.4 Å². The molecule has 4 rings (SSSR count). The zero-order valence-electron chi connectivity index (χ0n) is 15.0. The topological polar surface area (TPSA) is 37.4 Å². The molecule has 0 fully saturated rings. The summed E-state index contributed by atoms with van der Waals surface area (Å²) in [7, 11) is 0. The first-order chi connectivity index (χ1) is 13.2. The molecule has 0 unspecified atom stereocenters. The fourth-order valence-corrected chi connectivity index (χ4v) is 5.28. The van der Waals surface area contributed by atoms with Gasteiger partial charge in [0, 0.05) is 24.3 Å². The average molecular weight is 396 g/mol. The van der Waals surface area contributed by atoms with E-state index >= 15 is 0 Å². The van der Waals surface area contributed by atoms with Crippen molar-refractivity contribution in [2.45, 2.75) is 31.7 Å². The molecule has 1 amide bonds. The molecule has 1 atom stereocenters. The van der Waals surface area contributed by atoms with Gasteiger partial charge in [0.2, 0.25) is 5.91 Å². The van der Waals surface area contributed by atoms with Crippen LogP contribution in [0.15, 0.2) is 59.3 Å². The van der Waals surface area contributed by atoms with E-state index in [9.17, 15) is 9.59 Å². The van der Waals surface area contributed by atoms with E-state index in [-0.39, 0.29) is 17.7 Å². The normalized spacial score (nSPS) is 16.1. The monoisotopic (exact) mass is 395 g/mol. The van der Waals surface area contributed by atoms with Crippen LogP contribution < -0.4 is 0 Å². The number of carbonyl (C=O) groups is 2. The number of nitrogens with zero attached hydrogens (tertiary/aromatic N) is 1. The summed E-state index contributed by atoms with van der Waals surface area (Å²) in [6.07, 6.45) is 2.36. The summed E-state index contributed by atoms with van der Waals surface area (Å²) in [4.78, 5) is 29.3. The van der Waals surface area contributed by atoms with E-state index in [1.807, 2.05) is 40.6 Å². The van der Waals surface area contributed by atoms with Crippen LogP contribution in [0.3, 0.4) is 0 Å². The van der Waals surface area contributed by atoms with Gasteiger partial charge < -0.3 is 4.90 Å². The second kappa shape index (κ2) is 8.19. The van der Waals surface area contributed by atoms with Crippen LogP contribution in [0, 0.1) is 0 Å². The van der Waals surface area contributed by atoms with Gasteiger partial charge in [0.1, 0.15) is 0 Å². The van der Waals surface area contributed by atoms with E-state index < -0.39 is 0 Å². The van der Waals surface area contributed by atoms with Gasteiger partial charge in [0.05, 0.1) is 10.9 Å². The third-order valence-corrected chi connectivity index (χ3v) is 6.90. The van der Waals surface area contributed by atoms with Gasteiger partial charge in [-0.05, 0) is 46.9 Å². The Morgan fingerprint density at radius 3 is 2.59 bits per heavy atom. The molecule has 0 bridgehead atoms. The standard InChI is InChI=1S/C22H21NO2S2/c24-18(20-9-5-14-26-20)8-4-10-21(25)23-13-11-19-17(12-15-27-19)22(23)16-6-2-1-3-7-16/h1-3,5-7,9,12,14-15,22H,4,8,10-11,13H2/t22-/m0/s1. The lowest BCUT2D eigenvalue weighted by atomic mass is 9.93. The molecular weight excluding hydrogens is 374 g/mol. The van der Waals surface area contributed by atoms with Crippen LogP contribution in [0.4, 0.5) is 0 Å². The van der Waals surface area contributed by atoms with Crippen LogP contribution in [0.2, 0.25) is 0 Å². The van der Waals surface area contributed by atoms with Gasteiger partial charge in [-0.2, -0.15) is 0 Å². The molecule has 0 saturated heterocycles. The molecule has 3 heterocycles. The van der Waals surface area contributed by atoms with Crippen LogP contribution in [0.25, 0.3) is 0 Å². The molecule has 1 aliphatic heterocycles. The lowest BCUT2D eigenvalue weighted by Crippen LogP contribution is -2.40. The Morgan fingerprint density at radius 1 is 0.963 bits per heavy atom. The number of hydrogen-bond acceptors (Lipinski definition) is 4. The highest BCUT2D eigenvalue weighted by Gasteiger charge is 2.32. The van der Waals surface area contributed by atoms with E-state index in [4.69, 9.17) is 0 Å². The van der Waals surface area contributed by atoms with Crippen LogP contribution in [0.5, 0.6) is 0 Å². The molecule has 2 aromatic heterocycles. The highest BCUT2D eigenvalue weighted by Crippen LogP contribution is 2.38. The van der Waals surface area contributed by atoms with Gasteiger partial charge in [0.15, 0.2) is 5.78 Å². The average Bonchev–Trinajstić information content (AvgIpc) is 3.39. The maximum Gasteiger partial charge on any atom is 0.223 e. The summed E-state index contributed by atoms with van der Waals surface area (Å²) < 4.78 is 0. The van der Waals surface area contributed by atoms with Crippen molar-refractivity contribution < 1.29 is 9.59 Å². The Kier molecular flexibility index (Phi) is 5.50. The van der Waals surface area contributed by atoms with Crippen molar-refractivity contribution in [3.63, 3.8) is 0 Å². The number of rotatable bonds is 6. The minimum absolute atomic E-state index is 0.0123. The molecule has 0 aliphatic carbocycles. The van der Waals surface area contributed by atoms with Crippen molar-refractivity contribution in [2.24, 2.45) is 0 Å². The summed E-state index contributed by atoms with van der Waals surface area (Å²) in [5, 5.41) is 4.03. The molecule has 3 aromatic rings. The van der Waals surface area contributed by atoms with Crippen LogP contribution >= 0.6 is 22.7 Å². The van der Waals surface area contributed by atoms with Crippen molar-refractivity contribution in [3.05, 3.63) is 80.2 Å². The predicted molar refractivity (Wildman–Crippen MR) is 111 cm³/mol. The maximum absolute atomic E-state index is 13.0. The quantitative estimate of drug-likeness (QED) is 0.529. The van der Waals surface area contributed by atoms with Crippen LogP contribution in [-0.4, -0.2) is 23.1 Å². The molecule has 0 radical (unpaired) electrons. The fourth-order valence-electron chi connectivity index (χ4n) is 3.68. The Balaban J connectivity index is 1.46. The van der Waals surface area contributed by atoms with Crippen molar-refractivity contribution in [1.29, 1.82) is 0 Å². The fraction of sp³-hybridized carbons (Fsp3) is 0.273. The number of thiophene rings is 2. The Morgan fingerprint density at radius 2 is 1.81 bits per heavy atom. The number of carbonyl (C=O) groups excluding carboxylic acids is 2. The number of hydrogen-bond donors (Lipinski definition) is 0. The first-order valence-electron chi connectivity index (χ1n) is 9.21. The van der Waals surface area contributed by atoms with E-state index in [0.29, 0.717) is 19.3 Å². The van der Waals surface area contributed by atoms with Crippen LogP contribution in [0.1, 0.15) is 51.0 Å². The molecule has 0 N–H and O–H groups in total. The van der Waals surface area contributed by atoms with Crippen molar-refractivity contribution in [1.82, 2.24) is 4.90 Å². The summed E-state index contributed by atoms with van der Waals surface area (Å²) in [5.74, 6) is 0.274. The highest BCUT2D eigenvalue weighted by atomic mass is 32.1. The zero-order valence-corrected chi connectivity index (χ0v) is 16.6. The molecule has 3 nitrogen and oxygen atoms in total. The predicted octanol–water partition coefficient (Wildman–Crippen LogP) is 5.34. The largest absolute Gasteiger partial charge is 0.331 e. The molecular formula is C22H21NO2S2. The molecule has 1 aromatic carbocycles. The van der Waals surface area contributed by atoms with Gasteiger partial charge >= 0.3 is 0 Å². The van der Waals surface area contributed by atoms with E-state index in [0.717, 1.165) is 23.4 Å². The number of fused-ring (bicyclic) bond motifs is 1. The summed E-state index contributed by atoms with van der Waals surface area (Å²) in [6.45, 7) is 0.741. The van der Waals surface area contributed by atoms with E-state index in [2.05, 4.69) is 23.6 Å². The van der Waals surface area contributed by atoms with Gasteiger partial charge in [-0.1, -0.05) is 36.4 Å². The third kappa shape index (κ3) is 3.89. The molecule has 0 saturated carbocycles. The molecule has 0 spiro atoms. The maximum atomic E-state index is 13.0. The minimum Gasteiger partial charge on any atom is -0.331 e. The van der Waals surface area contributed by atoms with Gasteiger partial charge in [-0.15, -0.1) is 22.7 Å². The molecule has 138 valence electrons. The Bertz CT molecular complexity index is 915. The van der Waals surface area contributed by atoms with Gasteiger partial charge in [-0.25, -0.2) is 0 Å². The Labute approximate surface area is 167 Å². The Hall–Kier alpha value is -2.24. The highest BCUT2D eigenvalue weighted by molar-refractivity contribution is 7.12. The second-order valence-electron chi connectivity index (χ2n) is 6.70. The molecule has 1 aliphatic rings. The van der Waals surface area contributed by atoms with Crippen molar-refractivity contribution in [3.8, 4) is 0 Å². The summed E-state index contributed by atoms with van der Waals surface area (Å²) >= 11 is 3.24. The van der Waals surface area contributed by atoms with E-state index in [1.165, 1.54) is 21.8 Å². The third-order valence-electron chi connectivity index (χ3n) is 4.99. The lowest BCUT2D eigenvalue weighted by molar-refractivity contribution is -0.133. The smallest absolute Gasteiger partial charge is 0.223 e. The number of ketones is 1. The van der Waals surface area contributed by atoms with Gasteiger partial charge in [-0.3, -0.25) is 9.59 Å². The first-order valence-corrected chi connectivity index (χ1v) is 11.0. The number of benzene rings is 1. The van der Waals surface area contributed by atoms with E-state index in [1.54, 1.807) is 11.3 Å². The SMILES string of the molecule is O=C(CCCC(=O)N1CCc2sccc2[C@@H]1c1ccccc1)c1cccs1. The molecule has 5 heteroatoms. The molecule has 27 heavy (non-hydrogen) atoms. The van der Waals surface area contributed by atoms with Crippen LogP contribution in [-0.2, 0) is 11.2 Å². The van der Waals surface area contributed by atoms with Crippen molar-refractivity contribution in [2.75, 3.05) is 6.54 Å². The number of amides is 1. The lowest BCUT2D eigenvalue weighted by Gasteiger charge is -2.36. The van der Waals surface area contributed by atoms with Gasteiger partial charge in [0.25, 0.3) is 0 Å².